The molecule has 0 atom stereocenters. The van der Waals surface area contributed by atoms with Crippen molar-refractivity contribution in [2.45, 2.75) is 6.42 Å². The van der Waals surface area contributed by atoms with Crippen molar-refractivity contribution in [3.05, 3.63) is 18.1 Å². The number of nitrogens with two attached hydrogens (primary N) is 2. The van der Waals surface area contributed by atoms with Crippen LogP contribution in [-0.4, -0.2) is 15.9 Å². The van der Waals surface area contributed by atoms with Gasteiger partial charge in [0.2, 0.25) is 5.91 Å². The minimum Gasteiger partial charge on any atom is -0.383 e. The van der Waals surface area contributed by atoms with Crippen LogP contribution in [0.25, 0.3) is 0 Å². The maximum Gasteiger partial charge on any atom is 0.222 e. The molecule has 0 bridgehead atoms. The predicted molar refractivity (Wildman–Crippen MR) is 39.3 cm³/mol. The quantitative estimate of drug-likeness (QED) is 0.573. The number of aromatic nitrogens is 2. The van der Waals surface area contributed by atoms with E-state index in [9.17, 15) is 4.79 Å². The third-order valence-corrected chi connectivity index (χ3v) is 1.19. The molecule has 0 aliphatic heterocycles. The Labute approximate surface area is 63.4 Å². The van der Waals surface area contributed by atoms with Gasteiger partial charge in [0.15, 0.2) is 0 Å². The Kier molecular flexibility index (Phi) is 2.00. The van der Waals surface area contributed by atoms with Crippen molar-refractivity contribution >= 4 is 11.7 Å². The van der Waals surface area contributed by atoms with Gasteiger partial charge < -0.3 is 11.5 Å². The lowest BCUT2D eigenvalue weighted by Gasteiger charge is -1.98. The van der Waals surface area contributed by atoms with E-state index in [1.807, 2.05) is 0 Å². The number of nitrogens with zero attached hydrogens (tertiary/aromatic N) is 2. The van der Waals surface area contributed by atoms with Gasteiger partial charge in [-0.3, -0.25) is 4.79 Å². The lowest BCUT2D eigenvalue weighted by atomic mass is 10.2. The highest BCUT2D eigenvalue weighted by Crippen LogP contribution is 2.04. The molecule has 0 aromatic carbocycles. The van der Waals surface area contributed by atoms with Crippen molar-refractivity contribution in [2.24, 2.45) is 5.73 Å². The van der Waals surface area contributed by atoms with Gasteiger partial charge in [0.05, 0.1) is 6.42 Å². The molecule has 1 aromatic rings. The summed E-state index contributed by atoms with van der Waals surface area (Å²) in [5.41, 5.74) is 10.9. The largest absolute Gasteiger partial charge is 0.383 e. The van der Waals surface area contributed by atoms with E-state index in [0.29, 0.717) is 11.4 Å². The molecule has 1 rings (SSSR count). The Balaban J connectivity index is 2.86. The number of nitrogen functional groups attached to an aromatic ring is 1. The zero-order valence-corrected chi connectivity index (χ0v) is 5.82. The van der Waals surface area contributed by atoms with Crippen molar-refractivity contribution in [1.29, 1.82) is 0 Å². The lowest BCUT2D eigenvalue weighted by molar-refractivity contribution is -0.117. The minimum absolute atomic E-state index is 0.0900. The highest BCUT2D eigenvalue weighted by molar-refractivity contribution is 5.77. The van der Waals surface area contributed by atoms with Crippen LogP contribution in [0.3, 0.4) is 0 Å². The molecule has 5 heteroatoms. The number of hydrogen-bond acceptors (Lipinski definition) is 4. The molecule has 11 heavy (non-hydrogen) atoms. The Morgan fingerprint density at radius 1 is 1.64 bits per heavy atom. The molecular formula is C6H8N4O. The summed E-state index contributed by atoms with van der Waals surface area (Å²) in [6.07, 6.45) is 2.89. The van der Waals surface area contributed by atoms with E-state index in [-0.39, 0.29) is 6.42 Å². The second kappa shape index (κ2) is 2.96. The van der Waals surface area contributed by atoms with Crippen LogP contribution in [-0.2, 0) is 11.2 Å². The molecule has 0 saturated carbocycles. The third-order valence-electron chi connectivity index (χ3n) is 1.19. The van der Waals surface area contributed by atoms with Gasteiger partial charge in [-0.15, -0.1) is 0 Å². The second-order valence-corrected chi connectivity index (χ2v) is 2.08. The monoisotopic (exact) mass is 152 g/mol. The van der Waals surface area contributed by atoms with E-state index in [2.05, 4.69) is 9.97 Å². The van der Waals surface area contributed by atoms with Crippen LogP contribution < -0.4 is 11.5 Å². The Morgan fingerprint density at radius 2 is 2.36 bits per heavy atom. The molecule has 58 valence electrons. The van der Waals surface area contributed by atoms with Crippen LogP contribution in [0.2, 0.25) is 0 Å². The number of amides is 1. The normalized spacial score (nSPS) is 9.45. The highest BCUT2D eigenvalue weighted by atomic mass is 16.1. The summed E-state index contributed by atoms with van der Waals surface area (Å²) in [4.78, 5) is 17.8. The molecule has 5 nitrogen and oxygen atoms in total. The Bertz CT molecular complexity index is 273. The number of rotatable bonds is 2. The van der Waals surface area contributed by atoms with E-state index in [1.165, 1.54) is 12.5 Å². The van der Waals surface area contributed by atoms with Crippen LogP contribution in [0.4, 0.5) is 5.82 Å². The summed E-state index contributed by atoms with van der Waals surface area (Å²) in [6.45, 7) is 0. The summed E-state index contributed by atoms with van der Waals surface area (Å²) < 4.78 is 0. The topological polar surface area (TPSA) is 94.9 Å². The van der Waals surface area contributed by atoms with Gasteiger partial charge in [-0.2, -0.15) is 0 Å². The first-order valence-corrected chi connectivity index (χ1v) is 3.03. The summed E-state index contributed by atoms with van der Waals surface area (Å²) >= 11 is 0. The molecular weight excluding hydrogens is 144 g/mol. The molecule has 0 radical (unpaired) electrons. The average Bonchev–Trinajstić information content (AvgIpc) is 1.93. The van der Waals surface area contributed by atoms with Crippen molar-refractivity contribution in [3.8, 4) is 0 Å². The number of carbonyl (C=O) groups excluding carboxylic acids is 1. The minimum atomic E-state index is -0.438. The van der Waals surface area contributed by atoms with Crippen molar-refractivity contribution < 1.29 is 4.79 Å². The Morgan fingerprint density at radius 3 is 2.91 bits per heavy atom. The van der Waals surface area contributed by atoms with Gasteiger partial charge in [-0.1, -0.05) is 0 Å². The fourth-order valence-electron chi connectivity index (χ4n) is 0.692. The summed E-state index contributed by atoms with van der Waals surface area (Å²) in [7, 11) is 0. The van der Waals surface area contributed by atoms with E-state index >= 15 is 0 Å². The average molecular weight is 152 g/mol. The fourth-order valence-corrected chi connectivity index (χ4v) is 0.692. The first-order chi connectivity index (χ1) is 5.20. The molecule has 0 fully saturated rings. The van der Waals surface area contributed by atoms with Crippen molar-refractivity contribution in [3.63, 3.8) is 0 Å². The zero-order valence-electron chi connectivity index (χ0n) is 5.82. The SMILES string of the molecule is NC(=O)Cc1cncnc1N. The van der Waals surface area contributed by atoms with Gasteiger partial charge in [-0.05, 0) is 0 Å². The molecule has 0 aliphatic rings. The van der Waals surface area contributed by atoms with Gasteiger partial charge in [-0.25, -0.2) is 9.97 Å². The van der Waals surface area contributed by atoms with Gasteiger partial charge in [0, 0.05) is 11.8 Å². The van der Waals surface area contributed by atoms with Gasteiger partial charge >= 0.3 is 0 Å². The molecule has 0 spiro atoms. The Hall–Kier alpha value is -1.65. The molecule has 1 amide bonds. The molecule has 0 saturated heterocycles. The molecule has 0 aliphatic carbocycles. The number of hydrogen-bond donors (Lipinski definition) is 2. The van der Waals surface area contributed by atoms with Crippen LogP contribution in [0.15, 0.2) is 12.5 Å². The number of anilines is 1. The summed E-state index contributed by atoms with van der Waals surface area (Å²) in [5, 5.41) is 0. The van der Waals surface area contributed by atoms with Crippen LogP contribution >= 0.6 is 0 Å². The standard InChI is InChI=1S/C6H8N4O/c7-5(11)1-4-2-9-3-10-6(4)8/h2-3H,1H2,(H2,7,11)(H2,8,9,10). The molecule has 4 N–H and O–H groups in total. The van der Waals surface area contributed by atoms with Crippen molar-refractivity contribution in [2.75, 3.05) is 5.73 Å². The van der Waals surface area contributed by atoms with E-state index < -0.39 is 5.91 Å². The highest BCUT2D eigenvalue weighted by Gasteiger charge is 2.02. The van der Waals surface area contributed by atoms with E-state index in [1.54, 1.807) is 0 Å². The maximum atomic E-state index is 10.4. The van der Waals surface area contributed by atoms with Crippen LogP contribution in [0.5, 0.6) is 0 Å². The number of carbonyl (C=O) groups is 1. The zero-order chi connectivity index (χ0) is 8.27. The second-order valence-electron chi connectivity index (χ2n) is 2.08. The summed E-state index contributed by atoms with van der Waals surface area (Å²) in [6, 6.07) is 0. The summed E-state index contributed by atoms with van der Waals surface area (Å²) in [5.74, 6) is -0.134. The smallest absolute Gasteiger partial charge is 0.222 e. The van der Waals surface area contributed by atoms with Crippen LogP contribution in [0.1, 0.15) is 5.56 Å². The first kappa shape index (κ1) is 7.46. The van der Waals surface area contributed by atoms with Crippen LogP contribution in [0, 0.1) is 0 Å². The number of primary amides is 1. The first-order valence-electron chi connectivity index (χ1n) is 3.03. The lowest BCUT2D eigenvalue weighted by Crippen LogP contribution is -2.15. The molecule has 0 unspecified atom stereocenters. The van der Waals surface area contributed by atoms with Gasteiger partial charge in [0.25, 0.3) is 0 Å². The predicted octanol–water partition coefficient (Wildman–Crippen LogP) is -0.913. The third kappa shape index (κ3) is 1.89. The van der Waals surface area contributed by atoms with Gasteiger partial charge in [0.1, 0.15) is 12.1 Å². The molecule has 1 heterocycles. The maximum absolute atomic E-state index is 10.4. The van der Waals surface area contributed by atoms with Crippen molar-refractivity contribution in [1.82, 2.24) is 9.97 Å². The van der Waals surface area contributed by atoms with E-state index in [4.69, 9.17) is 11.5 Å². The van der Waals surface area contributed by atoms with E-state index in [0.717, 1.165) is 0 Å². The molecule has 1 aromatic heterocycles. The fraction of sp³-hybridized carbons (Fsp3) is 0.167.